The molecule has 1 aliphatic rings. The monoisotopic (exact) mass is 286 g/mol. The molecule has 110 valence electrons. The molecule has 4 nitrogen and oxygen atoms in total. The first-order chi connectivity index (χ1) is 10.3. The second-order valence-electron chi connectivity index (χ2n) is 5.07. The molecule has 5 heteroatoms. The van der Waals surface area contributed by atoms with Gasteiger partial charge in [0.15, 0.2) is 0 Å². The molecule has 0 spiro atoms. The lowest BCUT2D eigenvalue weighted by atomic mass is 10.2. The molecule has 1 aromatic heterocycles. The third kappa shape index (κ3) is 2.91. The maximum Gasteiger partial charge on any atom is 0.146 e. The normalized spacial score (nSPS) is 15.1. The number of anilines is 3. The fourth-order valence-corrected chi connectivity index (χ4v) is 2.67. The summed E-state index contributed by atoms with van der Waals surface area (Å²) in [6, 6.07) is 11.0. The quantitative estimate of drug-likeness (QED) is 0.940. The van der Waals surface area contributed by atoms with Crippen LogP contribution in [0.4, 0.5) is 21.6 Å². The summed E-state index contributed by atoms with van der Waals surface area (Å²) in [7, 11) is 1.86. The first kappa shape index (κ1) is 13.7. The van der Waals surface area contributed by atoms with E-state index in [9.17, 15) is 4.39 Å². The Morgan fingerprint density at radius 3 is 2.48 bits per heavy atom. The molecule has 1 aliphatic heterocycles. The van der Waals surface area contributed by atoms with E-state index in [1.165, 1.54) is 6.07 Å². The summed E-state index contributed by atoms with van der Waals surface area (Å²) in [6.45, 7) is 3.39. The topological polar surface area (TPSA) is 31.4 Å². The number of benzene rings is 1. The van der Waals surface area contributed by atoms with E-state index in [0.717, 1.165) is 37.7 Å². The predicted octanol–water partition coefficient (Wildman–Crippen LogP) is 2.59. The molecule has 0 unspecified atom stereocenters. The number of nitrogens with zero attached hydrogens (tertiary/aromatic N) is 3. The number of pyridine rings is 1. The SMILES string of the molecule is CNc1cc(N2CCN(c3ccccc3F)CC2)ccn1. The summed E-state index contributed by atoms with van der Waals surface area (Å²) in [6.07, 6.45) is 1.81. The van der Waals surface area contributed by atoms with Crippen molar-refractivity contribution in [3.05, 3.63) is 48.4 Å². The molecule has 1 saturated heterocycles. The van der Waals surface area contributed by atoms with Crippen LogP contribution in [0.5, 0.6) is 0 Å². The van der Waals surface area contributed by atoms with E-state index in [-0.39, 0.29) is 5.82 Å². The van der Waals surface area contributed by atoms with E-state index >= 15 is 0 Å². The molecular formula is C16H19FN4. The van der Waals surface area contributed by atoms with Gasteiger partial charge in [0.05, 0.1) is 5.69 Å². The van der Waals surface area contributed by atoms with Gasteiger partial charge < -0.3 is 15.1 Å². The number of nitrogens with one attached hydrogen (secondary N) is 1. The van der Waals surface area contributed by atoms with Gasteiger partial charge in [0.25, 0.3) is 0 Å². The number of piperazine rings is 1. The van der Waals surface area contributed by atoms with Crippen LogP contribution in [-0.2, 0) is 0 Å². The number of halogens is 1. The van der Waals surface area contributed by atoms with Gasteiger partial charge in [0.2, 0.25) is 0 Å². The Morgan fingerprint density at radius 1 is 1.05 bits per heavy atom. The Bertz CT molecular complexity index is 609. The Hall–Kier alpha value is -2.30. The Labute approximate surface area is 124 Å². The Balaban J connectivity index is 1.69. The van der Waals surface area contributed by atoms with Crippen LogP contribution >= 0.6 is 0 Å². The first-order valence-electron chi connectivity index (χ1n) is 7.16. The third-order valence-electron chi connectivity index (χ3n) is 3.84. The van der Waals surface area contributed by atoms with Gasteiger partial charge in [-0.2, -0.15) is 0 Å². The maximum absolute atomic E-state index is 13.8. The number of para-hydroxylation sites is 1. The summed E-state index contributed by atoms with van der Waals surface area (Å²) in [5.41, 5.74) is 1.85. The van der Waals surface area contributed by atoms with Crippen LogP contribution in [0, 0.1) is 5.82 Å². The Morgan fingerprint density at radius 2 is 1.76 bits per heavy atom. The van der Waals surface area contributed by atoms with Crippen molar-refractivity contribution in [2.45, 2.75) is 0 Å². The van der Waals surface area contributed by atoms with Gasteiger partial charge in [-0.1, -0.05) is 12.1 Å². The minimum absolute atomic E-state index is 0.146. The highest BCUT2D eigenvalue weighted by atomic mass is 19.1. The van der Waals surface area contributed by atoms with E-state index in [2.05, 4.69) is 20.1 Å². The zero-order chi connectivity index (χ0) is 14.7. The van der Waals surface area contributed by atoms with Crippen molar-refractivity contribution in [3.63, 3.8) is 0 Å². The van der Waals surface area contributed by atoms with Crippen LogP contribution in [0.1, 0.15) is 0 Å². The van der Waals surface area contributed by atoms with Gasteiger partial charge in [-0.05, 0) is 18.2 Å². The number of aromatic nitrogens is 1. The molecule has 0 aliphatic carbocycles. The zero-order valence-electron chi connectivity index (χ0n) is 12.1. The lowest BCUT2D eigenvalue weighted by molar-refractivity contribution is 0.598. The van der Waals surface area contributed by atoms with Crippen molar-refractivity contribution in [3.8, 4) is 0 Å². The average Bonchev–Trinajstić information content (AvgIpc) is 2.56. The molecule has 2 heterocycles. The van der Waals surface area contributed by atoms with E-state index in [1.807, 2.05) is 37.5 Å². The molecular weight excluding hydrogens is 267 g/mol. The summed E-state index contributed by atoms with van der Waals surface area (Å²) < 4.78 is 13.8. The highest BCUT2D eigenvalue weighted by Gasteiger charge is 2.19. The first-order valence-corrected chi connectivity index (χ1v) is 7.16. The molecule has 0 atom stereocenters. The lowest BCUT2D eigenvalue weighted by Crippen LogP contribution is -2.46. The number of rotatable bonds is 3. The van der Waals surface area contributed by atoms with Crippen molar-refractivity contribution in [1.29, 1.82) is 0 Å². The summed E-state index contributed by atoms with van der Waals surface area (Å²) in [5, 5.41) is 3.05. The minimum atomic E-state index is -0.146. The highest BCUT2D eigenvalue weighted by molar-refractivity contribution is 5.56. The molecule has 0 saturated carbocycles. The maximum atomic E-state index is 13.8. The van der Waals surface area contributed by atoms with Crippen molar-refractivity contribution >= 4 is 17.2 Å². The molecule has 0 radical (unpaired) electrons. The van der Waals surface area contributed by atoms with Crippen molar-refractivity contribution in [1.82, 2.24) is 4.98 Å². The van der Waals surface area contributed by atoms with Crippen molar-refractivity contribution < 1.29 is 4.39 Å². The molecule has 3 rings (SSSR count). The zero-order valence-corrected chi connectivity index (χ0v) is 12.1. The van der Waals surface area contributed by atoms with Crippen LogP contribution in [0.15, 0.2) is 42.6 Å². The van der Waals surface area contributed by atoms with Crippen LogP contribution < -0.4 is 15.1 Å². The van der Waals surface area contributed by atoms with Gasteiger partial charge in [-0.25, -0.2) is 9.37 Å². The van der Waals surface area contributed by atoms with Crippen LogP contribution in [0.3, 0.4) is 0 Å². The second-order valence-corrected chi connectivity index (χ2v) is 5.07. The fourth-order valence-electron chi connectivity index (χ4n) is 2.67. The summed E-state index contributed by atoms with van der Waals surface area (Å²) in [4.78, 5) is 8.64. The second kappa shape index (κ2) is 5.99. The largest absolute Gasteiger partial charge is 0.373 e. The standard InChI is InChI=1S/C16H19FN4/c1-18-16-12-13(6-7-19-16)20-8-10-21(11-9-20)15-5-3-2-4-14(15)17/h2-7,12H,8-11H2,1H3,(H,18,19). The number of hydrogen-bond acceptors (Lipinski definition) is 4. The van der Waals surface area contributed by atoms with Crippen LogP contribution in [0.2, 0.25) is 0 Å². The van der Waals surface area contributed by atoms with Gasteiger partial charge >= 0.3 is 0 Å². The third-order valence-corrected chi connectivity index (χ3v) is 3.84. The van der Waals surface area contributed by atoms with E-state index < -0.39 is 0 Å². The predicted molar refractivity (Wildman–Crippen MR) is 84.6 cm³/mol. The molecule has 1 fully saturated rings. The van der Waals surface area contributed by atoms with E-state index in [0.29, 0.717) is 5.69 Å². The van der Waals surface area contributed by atoms with Crippen LogP contribution in [0.25, 0.3) is 0 Å². The molecule has 1 aromatic carbocycles. The molecule has 0 bridgehead atoms. The molecule has 21 heavy (non-hydrogen) atoms. The van der Waals surface area contributed by atoms with E-state index in [4.69, 9.17) is 0 Å². The van der Waals surface area contributed by atoms with E-state index in [1.54, 1.807) is 6.07 Å². The summed E-state index contributed by atoms with van der Waals surface area (Å²) in [5.74, 6) is 0.719. The van der Waals surface area contributed by atoms with Crippen LogP contribution in [-0.4, -0.2) is 38.2 Å². The number of hydrogen-bond donors (Lipinski definition) is 1. The summed E-state index contributed by atoms with van der Waals surface area (Å²) >= 11 is 0. The average molecular weight is 286 g/mol. The van der Waals surface area contributed by atoms with Gasteiger partial charge in [0, 0.05) is 51.2 Å². The molecule has 1 N–H and O–H groups in total. The lowest BCUT2D eigenvalue weighted by Gasteiger charge is -2.37. The molecule has 0 amide bonds. The van der Waals surface area contributed by atoms with Crippen molar-refractivity contribution in [2.24, 2.45) is 0 Å². The molecule has 2 aromatic rings. The smallest absolute Gasteiger partial charge is 0.146 e. The van der Waals surface area contributed by atoms with Gasteiger partial charge in [-0.15, -0.1) is 0 Å². The van der Waals surface area contributed by atoms with Gasteiger partial charge in [-0.3, -0.25) is 0 Å². The fraction of sp³-hybridized carbons (Fsp3) is 0.312. The minimum Gasteiger partial charge on any atom is -0.373 e. The van der Waals surface area contributed by atoms with Crippen molar-refractivity contribution in [2.75, 3.05) is 48.3 Å². The Kier molecular flexibility index (Phi) is 3.90. The van der Waals surface area contributed by atoms with Gasteiger partial charge in [0.1, 0.15) is 11.6 Å². The highest BCUT2D eigenvalue weighted by Crippen LogP contribution is 2.23.